The average molecular weight is 215 g/mol. The first kappa shape index (κ1) is 10.4. The van der Waals surface area contributed by atoms with Gasteiger partial charge in [0.2, 0.25) is 0 Å². The highest BCUT2D eigenvalue weighted by molar-refractivity contribution is 5.86. The molecular weight excluding hydrogens is 202 g/mol. The molecule has 2 fully saturated rings. The molecule has 5 atom stereocenters. The molecule has 0 heterocycles. The lowest BCUT2D eigenvalue weighted by atomic mass is 9.89. The quantitative estimate of drug-likeness (QED) is 0.564. The molecule has 5 unspecified atom stereocenters. The maximum absolute atomic E-state index is 11.1. The van der Waals surface area contributed by atoms with Crippen molar-refractivity contribution < 1.29 is 24.5 Å². The lowest BCUT2D eigenvalue weighted by molar-refractivity contribution is -0.150. The van der Waals surface area contributed by atoms with Gasteiger partial charge < -0.3 is 20.7 Å². The van der Waals surface area contributed by atoms with E-state index in [1.54, 1.807) is 0 Å². The fourth-order valence-corrected chi connectivity index (χ4v) is 2.88. The molecule has 15 heavy (non-hydrogen) atoms. The number of fused-ring (bicyclic) bond motifs is 1. The number of hydrogen-bond acceptors (Lipinski definition) is 4. The minimum atomic E-state index is -1.54. The minimum absolute atomic E-state index is 0.145. The van der Waals surface area contributed by atoms with Crippen LogP contribution in [0.25, 0.3) is 0 Å². The SMILES string of the molecule is COC1CC2C(C(=O)O)C2C1(N)C(=O)O. The fraction of sp³-hybridized carbons (Fsp3) is 0.778. The van der Waals surface area contributed by atoms with Gasteiger partial charge in [0, 0.05) is 13.0 Å². The van der Waals surface area contributed by atoms with Crippen LogP contribution in [-0.2, 0) is 14.3 Å². The average Bonchev–Trinajstić information content (AvgIpc) is 2.80. The monoisotopic (exact) mass is 215 g/mol. The summed E-state index contributed by atoms with van der Waals surface area (Å²) in [6.45, 7) is 0. The second-order valence-electron chi connectivity index (χ2n) is 4.25. The summed E-state index contributed by atoms with van der Waals surface area (Å²) in [6, 6.07) is 0. The molecule has 0 aliphatic heterocycles. The van der Waals surface area contributed by atoms with Crippen LogP contribution in [0.2, 0.25) is 0 Å². The normalized spacial score (nSPS) is 47.3. The molecular formula is C9H13NO5. The Morgan fingerprint density at radius 2 is 2.07 bits per heavy atom. The summed E-state index contributed by atoms with van der Waals surface area (Å²) in [5, 5.41) is 17.9. The molecule has 2 rings (SSSR count). The van der Waals surface area contributed by atoms with Crippen LogP contribution < -0.4 is 5.73 Å². The number of hydrogen-bond donors (Lipinski definition) is 3. The minimum Gasteiger partial charge on any atom is -0.481 e. The predicted octanol–water partition coefficient (Wildman–Crippen LogP) is -0.866. The van der Waals surface area contributed by atoms with Crippen LogP contribution in [-0.4, -0.2) is 40.9 Å². The molecule has 0 bridgehead atoms. The van der Waals surface area contributed by atoms with Gasteiger partial charge in [-0.2, -0.15) is 0 Å². The van der Waals surface area contributed by atoms with Crippen molar-refractivity contribution in [3.05, 3.63) is 0 Å². The number of carboxylic acids is 2. The Balaban J connectivity index is 2.26. The third kappa shape index (κ3) is 1.12. The van der Waals surface area contributed by atoms with Gasteiger partial charge in [0.1, 0.15) is 5.54 Å². The number of aliphatic carboxylic acids is 2. The molecule has 84 valence electrons. The third-order valence-electron chi connectivity index (χ3n) is 3.68. The Morgan fingerprint density at radius 3 is 2.47 bits per heavy atom. The van der Waals surface area contributed by atoms with Gasteiger partial charge in [-0.1, -0.05) is 0 Å². The van der Waals surface area contributed by atoms with Gasteiger partial charge in [-0.15, -0.1) is 0 Å². The maximum Gasteiger partial charge on any atom is 0.326 e. The first-order chi connectivity index (χ1) is 6.94. The number of rotatable bonds is 3. The molecule has 0 spiro atoms. The predicted molar refractivity (Wildman–Crippen MR) is 48.1 cm³/mol. The van der Waals surface area contributed by atoms with Gasteiger partial charge in [0.15, 0.2) is 0 Å². The molecule has 0 amide bonds. The van der Waals surface area contributed by atoms with E-state index in [2.05, 4.69) is 0 Å². The Morgan fingerprint density at radius 1 is 1.47 bits per heavy atom. The van der Waals surface area contributed by atoms with Crippen molar-refractivity contribution in [1.82, 2.24) is 0 Å². The van der Waals surface area contributed by atoms with Gasteiger partial charge in [0.05, 0.1) is 12.0 Å². The van der Waals surface area contributed by atoms with E-state index in [0.717, 1.165) is 0 Å². The number of carbonyl (C=O) groups is 2. The van der Waals surface area contributed by atoms with Crippen LogP contribution in [0, 0.1) is 17.8 Å². The molecule has 4 N–H and O–H groups in total. The topological polar surface area (TPSA) is 110 Å². The zero-order valence-electron chi connectivity index (χ0n) is 8.21. The second-order valence-corrected chi connectivity index (χ2v) is 4.25. The molecule has 0 aromatic rings. The lowest BCUT2D eigenvalue weighted by Crippen LogP contribution is -2.58. The van der Waals surface area contributed by atoms with Crippen LogP contribution in [0.4, 0.5) is 0 Å². The first-order valence-corrected chi connectivity index (χ1v) is 4.72. The van der Waals surface area contributed by atoms with Crippen molar-refractivity contribution in [1.29, 1.82) is 0 Å². The number of carboxylic acid groups (broad SMARTS) is 2. The van der Waals surface area contributed by atoms with Crippen LogP contribution in [0.3, 0.4) is 0 Å². The van der Waals surface area contributed by atoms with Crippen molar-refractivity contribution in [2.75, 3.05) is 7.11 Å². The Hall–Kier alpha value is -1.14. The molecule has 2 aliphatic rings. The number of ether oxygens (including phenoxy) is 1. The molecule has 0 saturated heterocycles. The van der Waals surface area contributed by atoms with Crippen molar-refractivity contribution in [2.24, 2.45) is 23.5 Å². The zero-order chi connectivity index (χ0) is 11.4. The van der Waals surface area contributed by atoms with E-state index in [0.29, 0.717) is 6.42 Å². The molecule has 6 heteroatoms. The van der Waals surface area contributed by atoms with Crippen molar-refractivity contribution in [2.45, 2.75) is 18.1 Å². The Kier molecular flexibility index (Phi) is 2.03. The number of nitrogens with two attached hydrogens (primary N) is 1. The Bertz CT molecular complexity index is 330. The summed E-state index contributed by atoms with van der Waals surface area (Å²) in [7, 11) is 1.40. The first-order valence-electron chi connectivity index (χ1n) is 4.72. The van der Waals surface area contributed by atoms with Crippen LogP contribution in [0.5, 0.6) is 0 Å². The molecule has 2 aliphatic carbocycles. The summed E-state index contributed by atoms with van der Waals surface area (Å²) in [5.74, 6) is -3.38. The lowest BCUT2D eigenvalue weighted by Gasteiger charge is -2.29. The Labute approximate surface area is 86.0 Å². The fourth-order valence-electron chi connectivity index (χ4n) is 2.88. The third-order valence-corrected chi connectivity index (χ3v) is 3.68. The summed E-state index contributed by atoms with van der Waals surface area (Å²) >= 11 is 0. The van der Waals surface area contributed by atoms with Gasteiger partial charge in [0.25, 0.3) is 0 Å². The van der Waals surface area contributed by atoms with E-state index in [1.165, 1.54) is 7.11 Å². The standard InChI is InChI=1S/C9H13NO5/c1-15-4-2-3-5(7(11)12)6(3)9(4,10)8(13)14/h3-6H,2,10H2,1H3,(H,11,12)(H,13,14). The van der Waals surface area contributed by atoms with Gasteiger partial charge >= 0.3 is 11.9 Å². The molecule has 6 nitrogen and oxygen atoms in total. The molecule has 0 aromatic heterocycles. The highest BCUT2D eigenvalue weighted by Crippen LogP contribution is 2.62. The van der Waals surface area contributed by atoms with E-state index < -0.39 is 35.4 Å². The summed E-state index contributed by atoms with van der Waals surface area (Å²) in [6.07, 6.45) is -0.165. The van der Waals surface area contributed by atoms with Crippen LogP contribution in [0.1, 0.15) is 6.42 Å². The largest absolute Gasteiger partial charge is 0.481 e. The van der Waals surface area contributed by atoms with Crippen LogP contribution >= 0.6 is 0 Å². The summed E-state index contributed by atoms with van der Waals surface area (Å²) in [4.78, 5) is 21.9. The molecule has 0 radical (unpaired) electrons. The highest BCUT2D eigenvalue weighted by atomic mass is 16.5. The smallest absolute Gasteiger partial charge is 0.326 e. The van der Waals surface area contributed by atoms with E-state index in [1.807, 2.05) is 0 Å². The van der Waals surface area contributed by atoms with E-state index >= 15 is 0 Å². The van der Waals surface area contributed by atoms with Crippen molar-refractivity contribution in [3.8, 4) is 0 Å². The maximum atomic E-state index is 11.1. The van der Waals surface area contributed by atoms with Crippen molar-refractivity contribution >= 4 is 11.9 Å². The molecule has 0 aromatic carbocycles. The summed E-state index contributed by atoms with van der Waals surface area (Å²) in [5.41, 5.74) is 4.24. The highest BCUT2D eigenvalue weighted by Gasteiger charge is 2.74. The van der Waals surface area contributed by atoms with E-state index in [9.17, 15) is 9.59 Å². The van der Waals surface area contributed by atoms with Gasteiger partial charge in [-0.05, 0) is 12.3 Å². The van der Waals surface area contributed by atoms with Crippen LogP contribution in [0.15, 0.2) is 0 Å². The second kappa shape index (κ2) is 2.93. The van der Waals surface area contributed by atoms with Gasteiger partial charge in [-0.3, -0.25) is 9.59 Å². The van der Waals surface area contributed by atoms with E-state index in [4.69, 9.17) is 20.7 Å². The van der Waals surface area contributed by atoms with E-state index in [-0.39, 0.29) is 5.92 Å². The van der Waals surface area contributed by atoms with Crippen molar-refractivity contribution in [3.63, 3.8) is 0 Å². The van der Waals surface area contributed by atoms with Gasteiger partial charge in [-0.25, -0.2) is 0 Å². The zero-order valence-corrected chi connectivity index (χ0v) is 8.21. The molecule has 2 saturated carbocycles. The summed E-state index contributed by atoms with van der Waals surface area (Å²) < 4.78 is 5.02. The number of methoxy groups -OCH3 is 1.